The van der Waals surface area contributed by atoms with Gasteiger partial charge in [0, 0.05) is 0 Å². The maximum atomic E-state index is 10.0. The molecule has 4 rings (SSSR count). The minimum atomic E-state index is -0.0379. The summed E-state index contributed by atoms with van der Waals surface area (Å²) in [5.41, 5.74) is 4.16. The predicted octanol–water partition coefficient (Wildman–Crippen LogP) is 5.87. The fourth-order valence-electron chi connectivity index (χ4n) is 7.22. The monoisotopic (exact) mass is 316 g/mol. The third-order valence-electron chi connectivity index (χ3n) is 8.45. The van der Waals surface area contributed by atoms with Crippen LogP contribution in [-0.4, -0.2) is 11.2 Å². The van der Waals surface area contributed by atoms with Crippen molar-refractivity contribution in [3.63, 3.8) is 0 Å². The summed E-state index contributed by atoms with van der Waals surface area (Å²) in [6.07, 6.45) is 16.2. The summed E-state index contributed by atoms with van der Waals surface area (Å²) < 4.78 is 0. The fraction of sp³-hybridized carbons (Fsp3) is 0.909. The number of rotatable bonds is 3. The Balaban J connectivity index is 1.54. The molecule has 0 spiro atoms. The molecule has 0 heterocycles. The van der Waals surface area contributed by atoms with E-state index in [-0.39, 0.29) is 6.10 Å². The van der Waals surface area contributed by atoms with Crippen LogP contribution >= 0.6 is 0 Å². The minimum Gasteiger partial charge on any atom is -0.393 e. The highest BCUT2D eigenvalue weighted by molar-refractivity contribution is 5.27. The van der Waals surface area contributed by atoms with Crippen molar-refractivity contribution in [3.8, 4) is 0 Å². The van der Waals surface area contributed by atoms with Crippen LogP contribution in [0.4, 0.5) is 0 Å². The molecule has 1 nitrogen and oxygen atoms in total. The van der Waals surface area contributed by atoms with E-state index in [4.69, 9.17) is 0 Å². The van der Waals surface area contributed by atoms with Gasteiger partial charge in [-0.25, -0.2) is 0 Å². The first-order valence-corrected chi connectivity index (χ1v) is 10.5. The first kappa shape index (κ1) is 16.2. The SMILES string of the molecule is CCCC[C@H]1CCC2C3CCC4=C(CC[C@H](O)C4)C3CC[C@@]21C. The van der Waals surface area contributed by atoms with Crippen molar-refractivity contribution >= 4 is 0 Å². The second-order valence-corrected chi connectivity index (χ2v) is 9.40. The molecule has 0 aromatic rings. The van der Waals surface area contributed by atoms with Crippen LogP contribution in [0.3, 0.4) is 0 Å². The maximum absolute atomic E-state index is 10.0. The van der Waals surface area contributed by atoms with Crippen LogP contribution in [0.2, 0.25) is 0 Å². The molecule has 0 saturated heterocycles. The molecule has 2 saturated carbocycles. The van der Waals surface area contributed by atoms with Crippen LogP contribution in [0.25, 0.3) is 0 Å². The molecule has 1 heteroatoms. The van der Waals surface area contributed by atoms with Gasteiger partial charge in [-0.3, -0.25) is 0 Å². The van der Waals surface area contributed by atoms with Gasteiger partial charge >= 0.3 is 0 Å². The lowest BCUT2D eigenvalue weighted by Gasteiger charge is -2.52. The molecule has 4 aliphatic carbocycles. The number of unbranched alkanes of at least 4 members (excludes halogenated alkanes) is 1. The van der Waals surface area contributed by atoms with Crippen LogP contribution in [0.5, 0.6) is 0 Å². The van der Waals surface area contributed by atoms with Crippen LogP contribution in [0, 0.1) is 29.1 Å². The fourth-order valence-corrected chi connectivity index (χ4v) is 7.22. The van der Waals surface area contributed by atoms with Crippen LogP contribution < -0.4 is 0 Å². The highest BCUT2D eigenvalue weighted by Crippen LogP contribution is 2.63. The van der Waals surface area contributed by atoms with Gasteiger partial charge in [0.05, 0.1) is 6.10 Å². The van der Waals surface area contributed by atoms with Gasteiger partial charge in [-0.1, -0.05) is 37.8 Å². The van der Waals surface area contributed by atoms with E-state index >= 15 is 0 Å². The largest absolute Gasteiger partial charge is 0.393 e. The lowest BCUT2D eigenvalue weighted by atomic mass is 9.53. The summed E-state index contributed by atoms with van der Waals surface area (Å²) in [6, 6.07) is 0. The second kappa shape index (κ2) is 6.21. The van der Waals surface area contributed by atoms with Crippen molar-refractivity contribution in [2.75, 3.05) is 0 Å². The minimum absolute atomic E-state index is 0.0379. The highest BCUT2D eigenvalue weighted by atomic mass is 16.3. The summed E-state index contributed by atoms with van der Waals surface area (Å²) in [5.74, 6) is 3.89. The van der Waals surface area contributed by atoms with Gasteiger partial charge in [0.25, 0.3) is 0 Å². The summed E-state index contributed by atoms with van der Waals surface area (Å²) in [7, 11) is 0. The van der Waals surface area contributed by atoms with Crippen LogP contribution in [0.1, 0.15) is 90.9 Å². The Kier molecular flexibility index (Phi) is 4.37. The van der Waals surface area contributed by atoms with E-state index in [9.17, 15) is 5.11 Å². The number of allylic oxidation sites excluding steroid dienone is 1. The standard InChI is InChI=1S/C22H36O/c1-3-4-5-16-7-11-21-20-9-6-15-14-17(23)8-10-18(15)19(20)12-13-22(16,21)2/h16-17,19-21,23H,3-14H2,1-2H3/t16-,17-,19?,20?,21?,22+/m0/s1. The summed E-state index contributed by atoms with van der Waals surface area (Å²) in [6.45, 7) is 5.01. The Labute approximate surface area is 142 Å². The van der Waals surface area contributed by atoms with Gasteiger partial charge in [0.15, 0.2) is 0 Å². The number of aliphatic hydroxyl groups is 1. The molecule has 0 bridgehead atoms. The van der Waals surface area contributed by atoms with Crippen molar-refractivity contribution in [2.45, 2.75) is 97.0 Å². The molecule has 0 radical (unpaired) electrons. The van der Waals surface area contributed by atoms with Crippen molar-refractivity contribution in [1.82, 2.24) is 0 Å². The van der Waals surface area contributed by atoms with E-state index in [1.807, 2.05) is 5.57 Å². The zero-order valence-corrected chi connectivity index (χ0v) is 15.3. The van der Waals surface area contributed by atoms with Crippen molar-refractivity contribution in [1.29, 1.82) is 0 Å². The van der Waals surface area contributed by atoms with Crippen LogP contribution in [0.15, 0.2) is 11.1 Å². The zero-order chi connectivity index (χ0) is 16.0. The van der Waals surface area contributed by atoms with E-state index < -0.39 is 0 Å². The Morgan fingerprint density at radius 1 is 1.09 bits per heavy atom. The number of hydrogen-bond acceptors (Lipinski definition) is 1. The molecule has 4 aliphatic rings. The molecule has 3 unspecified atom stereocenters. The molecule has 23 heavy (non-hydrogen) atoms. The summed E-state index contributed by atoms with van der Waals surface area (Å²) >= 11 is 0. The van der Waals surface area contributed by atoms with Crippen molar-refractivity contribution < 1.29 is 5.11 Å². The smallest absolute Gasteiger partial charge is 0.0580 e. The highest BCUT2D eigenvalue weighted by Gasteiger charge is 2.54. The molecule has 0 amide bonds. The average Bonchev–Trinajstić information content (AvgIpc) is 2.89. The first-order chi connectivity index (χ1) is 11.1. The Bertz CT molecular complexity index is 478. The molecule has 0 aromatic carbocycles. The molecular weight excluding hydrogens is 280 g/mol. The first-order valence-electron chi connectivity index (χ1n) is 10.5. The number of fused-ring (bicyclic) bond motifs is 4. The average molecular weight is 317 g/mol. The second-order valence-electron chi connectivity index (χ2n) is 9.40. The Morgan fingerprint density at radius 2 is 1.96 bits per heavy atom. The predicted molar refractivity (Wildman–Crippen MR) is 96.2 cm³/mol. The van der Waals surface area contributed by atoms with Gasteiger partial charge in [0.2, 0.25) is 0 Å². The van der Waals surface area contributed by atoms with Crippen LogP contribution in [-0.2, 0) is 0 Å². The maximum Gasteiger partial charge on any atom is 0.0580 e. The number of aliphatic hydroxyl groups excluding tert-OH is 1. The van der Waals surface area contributed by atoms with Gasteiger partial charge in [-0.15, -0.1) is 0 Å². The van der Waals surface area contributed by atoms with E-state index in [0.29, 0.717) is 5.41 Å². The summed E-state index contributed by atoms with van der Waals surface area (Å²) in [5, 5.41) is 10.0. The molecule has 0 aliphatic heterocycles. The molecular formula is C22H36O. The normalized spacial score (nSPS) is 46.3. The molecule has 1 N–H and O–H groups in total. The van der Waals surface area contributed by atoms with Gasteiger partial charge in [-0.2, -0.15) is 0 Å². The van der Waals surface area contributed by atoms with E-state index in [0.717, 1.165) is 36.5 Å². The third kappa shape index (κ3) is 2.62. The molecule has 0 aromatic heterocycles. The van der Waals surface area contributed by atoms with E-state index in [1.165, 1.54) is 64.2 Å². The third-order valence-corrected chi connectivity index (χ3v) is 8.45. The molecule has 130 valence electrons. The Hall–Kier alpha value is -0.300. The lowest BCUT2D eigenvalue weighted by molar-refractivity contribution is 0.00804. The topological polar surface area (TPSA) is 20.2 Å². The van der Waals surface area contributed by atoms with Gasteiger partial charge < -0.3 is 5.11 Å². The summed E-state index contributed by atoms with van der Waals surface area (Å²) in [4.78, 5) is 0. The van der Waals surface area contributed by atoms with Gasteiger partial charge in [0.1, 0.15) is 0 Å². The van der Waals surface area contributed by atoms with Crippen molar-refractivity contribution in [2.24, 2.45) is 29.1 Å². The lowest BCUT2D eigenvalue weighted by Crippen LogP contribution is -2.44. The molecule has 6 atom stereocenters. The Morgan fingerprint density at radius 3 is 2.78 bits per heavy atom. The van der Waals surface area contributed by atoms with E-state index in [1.54, 1.807) is 5.57 Å². The molecule has 2 fully saturated rings. The van der Waals surface area contributed by atoms with E-state index in [2.05, 4.69) is 13.8 Å². The van der Waals surface area contributed by atoms with Gasteiger partial charge in [-0.05, 0) is 93.3 Å². The quantitative estimate of drug-likeness (QED) is 0.645. The number of hydrogen-bond donors (Lipinski definition) is 1. The van der Waals surface area contributed by atoms with Crippen molar-refractivity contribution in [3.05, 3.63) is 11.1 Å². The zero-order valence-electron chi connectivity index (χ0n) is 15.3.